The summed E-state index contributed by atoms with van der Waals surface area (Å²) in [5, 5.41) is 2.12. The number of nitrogens with zero attached hydrogens (tertiary/aromatic N) is 1. The molecule has 1 heterocycles. The number of amides is 3. The number of carbonyl (C=O) groups is 3. The van der Waals surface area contributed by atoms with E-state index in [0.717, 1.165) is 11.0 Å². The maximum Gasteiger partial charge on any atom is 0.258 e. The molecule has 2 rings (SSSR count). The van der Waals surface area contributed by atoms with Crippen molar-refractivity contribution in [2.45, 2.75) is 26.3 Å². The highest BCUT2D eigenvalue weighted by Crippen LogP contribution is 2.23. The third-order valence-corrected chi connectivity index (χ3v) is 3.51. The second-order valence-corrected chi connectivity index (χ2v) is 5.41. The van der Waals surface area contributed by atoms with Crippen LogP contribution in [0.3, 0.4) is 0 Å². The van der Waals surface area contributed by atoms with Gasteiger partial charge in [0.2, 0.25) is 5.91 Å². The highest BCUT2D eigenvalue weighted by Gasteiger charge is 2.44. The molecule has 0 aliphatic carbocycles. The van der Waals surface area contributed by atoms with E-state index < -0.39 is 34.9 Å². The second-order valence-electron chi connectivity index (χ2n) is 5.41. The molecule has 0 radical (unpaired) electrons. The molecule has 1 aromatic carbocycles. The van der Waals surface area contributed by atoms with E-state index in [-0.39, 0.29) is 17.7 Å². The van der Waals surface area contributed by atoms with Crippen LogP contribution in [0.15, 0.2) is 12.1 Å². The number of piperazine rings is 1. The van der Waals surface area contributed by atoms with E-state index in [9.17, 15) is 23.2 Å². The van der Waals surface area contributed by atoms with Crippen LogP contribution in [0, 0.1) is 18.6 Å². The molecule has 21 heavy (non-hydrogen) atoms. The van der Waals surface area contributed by atoms with Crippen molar-refractivity contribution in [2.24, 2.45) is 0 Å². The molecule has 0 unspecified atom stereocenters. The number of aryl methyl sites for hydroxylation is 1. The molecule has 5 nitrogen and oxygen atoms in total. The molecule has 1 aliphatic rings. The Morgan fingerprint density at radius 3 is 2.48 bits per heavy atom. The van der Waals surface area contributed by atoms with Crippen LogP contribution in [-0.2, 0) is 9.59 Å². The summed E-state index contributed by atoms with van der Waals surface area (Å²) in [6.07, 6.45) is 0. The largest absolute Gasteiger partial charge is 0.315 e. The lowest BCUT2D eigenvalue weighted by molar-refractivity contribution is -0.143. The van der Waals surface area contributed by atoms with Crippen molar-refractivity contribution in [3.05, 3.63) is 34.9 Å². The van der Waals surface area contributed by atoms with Crippen LogP contribution in [0.1, 0.15) is 29.8 Å². The van der Waals surface area contributed by atoms with Gasteiger partial charge in [-0.15, -0.1) is 0 Å². The first kappa shape index (κ1) is 15.1. The van der Waals surface area contributed by atoms with Gasteiger partial charge in [-0.25, -0.2) is 8.78 Å². The quantitative estimate of drug-likeness (QED) is 0.791. The topological polar surface area (TPSA) is 66.5 Å². The van der Waals surface area contributed by atoms with Gasteiger partial charge in [-0.1, -0.05) is 0 Å². The van der Waals surface area contributed by atoms with E-state index in [1.54, 1.807) is 0 Å². The molecule has 3 amide bonds. The first-order valence-electron chi connectivity index (χ1n) is 6.26. The Balaban J connectivity index is 2.46. The molecule has 0 bridgehead atoms. The third-order valence-electron chi connectivity index (χ3n) is 3.51. The zero-order valence-corrected chi connectivity index (χ0v) is 11.8. The van der Waals surface area contributed by atoms with Crippen LogP contribution in [0.25, 0.3) is 0 Å². The van der Waals surface area contributed by atoms with E-state index in [2.05, 4.69) is 5.32 Å². The minimum atomic E-state index is -1.31. The van der Waals surface area contributed by atoms with Crippen LogP contribution >= 0.6 is 0 Å². The fourth-order valence-electron chi connectivity index (χ4n) is 2.08. The maximum atomic E-state index is 13.8. The Labute approximate surface area is 119 Å². The molecular formula is C14H14F2N2O3. The summed E-state index contributed by atoms with van der Waals surface area (Å²) in [5.41, 5.74) is -1.57. The van der Waals surface area contributed by atoms with E-state index >= 15 is 0 Å². The zero-order valence-electron chi connectivity index (χ0n) is 11.8. The van der Waals surface area contributed by atoms with Crippen molar-refractivity contribution in [1.82, 2.24) is 10.2 Å². The highest BCUT2D eigenvalue weighted by molar-refractivity contribution is 6.08. The summed E-state index contributed by atoms with van der Waals surface area (Å²) in [7, 11) is 0. The van der Waals surface area contributed by atoms with E-state index in [0.29, 0.717) is 6.07 Å². The van der Waals surface area contributed by atoms with Crippen molar-refractivity contribution >= 4 is 17.7 Å². The highest BCUT2D eigenvalue weighted by atomic mass is 19.1. The van der Waals surface area contributed by atoms with Crippen LogP contribution < -0.4 is 5.32 Å². The lowest BCUT2D eigenvalue weighted by Crippen LogP contribution is -2.65. The number of hydrogen-bond donors (Lipinski definition) is 1. The van der Waals surface area contributed by atoms with E-state index in [1.165, 1.54) is 20.8 Å². The van der Waals surface area contributed by atoms with Gasteiger partial charge in [-0.05, 0) is 32.4 Å². The summed E-state index contributed by atoms with van der Waals surface area (Å²) in [4.78, 5) is 36.6. The Hall–Kier alpha value is -2.31. The van der Waals surface area contributed by atoms with Crippen LogP contribution in [0.5, 0.6) is 0 Å². The molecule has 7 heteroatoms. The van der Waals surface area contributed by atoms with Crippen molar-refractivity contribution in [3.8, 4) is 0 Å². The van der Waals surface area contributed by atoms with Gasteiger partial charge in [0.1, 0.15) is 23.7 Å². The Morgan fingerprint density at radius 2 is 1.86 bits per heavy atom. The molecule has 1 fully saturated rings. The molecule has 0 atom stereocenters. The molecule has 1 saturated heterocycles. The number of hydrogen-bond acceptors (Lipinski definition) is 3. The number of nitrogens with one attached hydrogen (secondary N) is 1. The van der Waals surface area contributed by atoms with Gasteiger partial charge in [0.05, 0.1) is 5.56 Å². The number of rotatable bonds is 1. The first-order valence-corrected chi connectivity index (χ1v) is 6.26. The predicted octanol–water partition coefficient (Wildman–Crippen LogP) is 1.15. The first-order chi connectivity index (χ1) is 9.64. The summed E-state index contributed by atoms with van der Waals surface area (Å²) in [5.74, 6) is -3.92. The number of imide groups is 1. The normalized spacial score (nSPS) is 17.7. The molecular weight excluding hydrogens is 282 g/mol. The summed E-state index contributed by atoms with van der Waals surface area (Å²) < 4.78 is 27.1. The molecule has 1 N–H and O–H groups in total. The fraction of sp³-hybridized carbons (Fsp3) is 0.357. The number of benzene rings is 1. The molecule has 112 valence electrons. The molecule has 0 saturated carbocycles. The Morgan fingerprint density at radius 1 is 1.24 bits per heavy atom. The standard InChI is InChI=1S/C14H14F2N2O3/c1-7-4-8(10(16)5-9(7)15)12(20)18-6-11(19)17-13(21)14(18,2)3/h4-5H,6H2,1-3H3,(H,17,19,21). The van der Waals surface area contributed by atoms with Crippen molar-refractivity contribution in [1.29, 1.82) is 0 Å². The van der Waals surface area contributed by atoms with Crippen LogP contribution in [-0.4, -0.2) is 34.7 Å². The monoisotopic (exact) mass is 296 g/mol. The summed E-state index contributed by atoms with van der Waals surface area (Å²) >= 11 is 0. The van der Waals surface area contributed by atoms with E-state index in [1.807, 2.05) is 0 Å². The number of halogens is 2. The summed E-state index contributed by atoms with van der Waals surface area (Å²) in [6, 6.07) is 1.68. The average molecular weight is 296 g/mol. The second kappa shape index (κ2) is 4.91. The van der Waals surface area contributed by atoms with Gasteiger partial charge in [0.15, 0.2) is 0 Å². The van der Waals surface area contributed by atoms with Crippen molar-refractivity contribution in [2.75, 3.05) is 6.54 Å². The fourth-order valence-corrected chi connectivity index (χ4v) is 2.08. The number of carbonyl (C=O) groups excluding carboxylic acids is 3. The average Bonchev–Trinajstić information content (AvgIpc) is 2.37. The van der Waals surface area contributed by atoms with Crippen molar-refractivity contribution < 1.29 is 23.2 Å². The molecule has 1 aromatic rings. The van der Waals surface area contributed by atoms with E-state index in [4.69, 9.17) is 0 Å². The lowest BCUT2D eigenvalue weighted by Gasteiger charge is -2.40. The van der Waals surface area contributed by atoms with Crippen LogP contribution in [0.4, 0.5) is 8.78 Å². The van der Waals surface area contributed by atoms with Gasteiger partial charge in [-0.2, -0.15) is 0 Å². The smallest absolute Gasteiger partial charge is 0.258 e. The zero-order chi connectivity index (χ0) is 15.9. The molecule has 1 aliphatic heterocycles. The maximum absolute atomic E-state index is 13.8. The predicted molar refractivity (Wildman–Crippen MR) is 69.4 cm³/mol. The summed E-state index contributed by atoms with van der Waals surface area (Å²) in [6.45, 7) is 3.92. The minimum absolute atomic E-state index is 0.102. The van der Waals surface area contributed by atoms with Gasteiger partial charge >= 0.3 is 0 Å². The lowest BCUT2D eigenvalue weighted by atomic mass is 9.97. The third kappa shape index (κ3) is 2.51. The molecule has 0 spiro atoms. The van der Waals surface area contributed by atoms with Gasteiger partial charge in [-0.3, -0.25) is 19.7 Å². The molecule has 0 aromatic heterocycles. The minimum Gasteiger partial charge on any atom is -0.315 e. The van der Waals surface area contributed by atoms with Gasteiger partial charge in [0.25, 0.3) is 11.8 Å². The van der Waals surface area contributed by atoms with Gasteiger partial charge in [0, 0.05) is 6.07 Å². The van der Waals surface area contributed by atoms with Gasteiger partial charge < -0.3 is 4.90 Å². The van der Waals surface area contributed by atoms with Crippen molar-refractivity contribution in [3.63, 3.8) is 0 Å². The van der Waals surface area contributed by atoms with Crippen LogP contribution in [0.2, 0.25) is 0 Å². The Kier molecular flexibility index (Phi) is 3.52. The SMILES string of the molecule is Cc1cc(C(=O)N2CC(=O)NC(=O)C2(C)C)c(F)cc1F. The Bertz CT molecular complexity index is 656.